The van der Waals surface area contributed by atoms with E-state index >= 15 is 0 Å². The van der Waals surface area contributed by atoms with Gasteiger partial charge in [-0.25, -0.2) is 15.0 Å². The van der Waals surface area contributed by atoms with Gasteiger partial charge in [-0.2, -0.15) is 0 Å². The Morgan fingerprint density at radius 1 is 0.500 bits per heavy atom. The van der Waals surface area contributed by atoms with Crippen molar-refractivity contribution in [3.8, 4) is 23.0 Å². The maximum Gasteiger partial charge on any atom is 0.252 e. The van der Waals surface area contributed by atoms with Gasteiger partial charge in [0.2, 0.25) is 0 Å². The molecule has 0 saturated carbocycles. The first kappa shape index (κ1) is 33.4. The summed E-state index contributed by atoms with van der Waals surface area (Å²) in [5.41, 5.74) is 4.12. The molecule has 3 aromatic heterocycles. The SMILES string of the molecule is C=[N+]1[CH-]C=Cc2cccc(O)c21.Oc1cccc2ccc[nH+]c12.Oc1cccc2ccc[nH+]c12.Oc1cccc2ccc[nH+]c12.[89Zr]. The molecule has 4 aromatic carbocycles. The number of aromatic hydroxyl groups is 4. The first-order valence-electron chi connectivity index (χ1n) is 14.1. The fraction of sp³-hybridized carbons (Fsp3) is 0. The third-order valence-corrected chi connectivity index (χ3v) is 6.90. The number of aromatic nitrogens is 3. The summed E-state index contributed by atoms with van der Waals surface area (Å²) in [4.78, 5) is 8.91. The van der Waals surface area contributed by atoms with Crippen LogP contribution in [0.15, 0.2) is 134 Å². The van der Waals surface area contributed by atoms with Gasteiger partial charge in [0.1, 0.15) is 5.75 Å². The molecule has 0 amide bonds. The number of phenols is 4. The minimum atomic E-state index is 0. The van der Waals surface area contributed by atoms with E-state index in [2.05, 4.69) is 21.7 Å². The van der Waals surface area contributed by atoms with Gasteiger partial charge in [0.15, 0.2) is 41.5 Å². The summed E-state index contributed by atoms with van der Waals surface area (Å²) in [6.07, 6.45) is 9.22. The van der Waals surface area contributed by atoms with Gasteiger partial charge in [0.05, 0.1) is 29.4 Å². The number of rotatable bonds is 0. The Bertz CT molecular complexity index is 1940. The van der Waals surface area contributed by atoms with Crippen molar-refractivity contribution >= 4 is 51.2 Å². The second-order valence-corrected chi connectivity index (χ2v) is 9.93. The van der Waals surface area contributed by atoms with Crippen molar-refractivity contribution in [1.82, 2.24) is 0 Å². The summed E-state index contributed by atoms with van der Waals surface area (Å²) in [7, 11) is 0. The van der Waals surface area contributed by atoms with Gasteiger partial charge in [-0.3, -0.25) is 4.58 Å². The van der Waals surface area contributed by atoms with E-state index in [0.29, 0.717) is 17.2 Å². The van der Waals surface area contributed by atoms with E-state index < -0.39 is 0 Å². The van der Waals surface area contributed by atoms with Crippen molar-refractivity contribution in [3.05, 3.63) is 146 Å². The zero-order chi connectivity index (χ0) is 31.6. The van der Waals surface area contributed by atoms with E-state index in [0.717, 1.165) is 44.0 Å². The third kappa shape index (κ3) is 8.14. The molecule has 1 aliphatic rings. The van der Waals surface area contributed by atoms with Crippen LogP contribution in [0.2, 0.25) is 0 Å². The molecule has 7 aromatic rings. The molecule has 0 saturated heterocycles. The quantitative estimate of drug-likeness (QED) is 0.115. The van der Waals surface area contributed by atoms with E-state index in [1.54, 1.807) is 47.4 Å². The minimum absolute atomic E-state index is 0. The number of hydrogen-bond donors (Lipinski definition) is 4. The van der Waals surface area contributed by atoms with Crippen LogP contribution in [0.4, 0.5) is 5.69 Å². The number of hydrogen-bond acceptors (Lipinski definition) is 4. The number of phenolic OH excluding ortho intramolecular Hbond substituents is 4. The summed E-state index contributed by atoms with van der Waals surface area (Å²) in [6, 6.07) is 33.3. The number of pyridine rings is 3. The average Bonchev–Trinajstić information content (AvgIpc) is 3.07. The van der Waals surface area contributed by atoms with Crippen LogP contribution in [-0.2, 0) is 26.2 Å². The van der Waals surface area contributed by atoms with Crippen LogP contribution in [0.1, 0.15) is 5.56 Å². The zero-order valence-electron chi connectivity index (χ0n) is 24.8. The maximum absolute atomic E-state index is 9.49. The molecule has 8 nitrogen and oxygen atoms in total. The molecule has 46 heavy (non-hydrogen) atoms. The van der Waals surface area contributed by atoms with Gasteiger partial charge >= 0.3 is 0 Å². The Hall–Kier alpha value is -5.53. The summed E-state index contributed by atoms with van der Waals surface area (Å²) in [5, 5.41) is 40.6. The fourth-order valence-electron chi connectivity index (χ4n) is 4.73. The van der Waals surface area contributed by atoms with Crippen LogP contribution in [-0.4, -0.2) is 31.7 Å². The number of nitrogens with zero attached hydrogens (tertiary/aromatic N) is 1. The number of aromatic amines is 3. The van der Waals surface area contributed by atoms with E-state index in [-0.39, 0.29) is 32.0 Å². The third-order valence-electron chi connectivity index (χ3n) is 6.90. The molecule has 9 heteroatoms. The summed E-state index contributed by atoms with van der Waals surface area (Å²) in [5.74, 6) is 1.15. The van der Waals surface area contributed by atoms with Crippen molar-refractivity contribution in [2.75, 3.05) is 0 Å². The van der Waals surface area contributed by atoms with Crippen LogP contribution < -0.4 is 15.0 Å². The Labute approximate surface area is 285 Å². The number of para-hydroxylation sites is 4. The molecule has 4 heterocycles. The van der Waals surface area contributed by atoms with Crippen molar-refractivity contribution in [3.63, 3.8) is 0 Å². The predicted octanol–water partition coefficient (Wildman–Crippen LogP) is 6.00. The van der Waals surface area contributed by atoms with Gasteiger partial charge in [0, 0.05) is 44.4 Å². The normalized spacial score (nSPS) is 10.9. The van der Waals surface area contributed by atoms with Crippen LogP contribution in [0.5, 0.6) is 23.0 Å². The average molecular weight is 687 g/mol. The monoisotopic (exact) mass is 686 g/mol. The van der Waals surface area contributed by atoms with E-state index in [1.807, 2.05) is 104 Å². The topological polar surface area (TPSA) is 126 Å². The van der Waals surface area contributed by atoms with Gasteiger partial charge < -0.3 is 20.4 Å². The molecular formula is C37H33N4O4Zr+3. The van der Waals surface area contributed by atoms with Crippen molar-refractivity contribution in [1.29, 1.82) is 0 Å². The summed E-state index contributed by atoms with van der Waals surface area (Å²) in [6.45, 7) is 5.57. The van der Waals surface area contributed by atoms with Gasteiger partial charge in [-0.05, 0) is 66.2 Å². The van der Waals surface area contributed by atoms with E-state index in [1.165, 1.54) is 0 Å². The molecule has 0 unspecified atom stereocenters. The van der Waals surface area contributed by atoms with Gasteiger partial charge in [0.25, 0.3) is 16.6 Å². The van der Waals surface area contributed by atoms with Crippen LogP contribution in [0.3, 0.4) is 0 Å². The Morgan fingerprint density at radius 2 is 0.870 bits per heavy atom. The number of fused-ring (bicyclic) bond motifs is 4. The Morgan fingerprint density at radius 3 is 1.26 bits per heavy atom. The molecule has 8 rings (SSSR count). The minimum Gasteiger partial charge on any atom is -0.511 e. The molecule has 0 spiro atoms. The molecule has 0 bridgehead atoms. The molecular weight excluding hydrogens is 653 g/mol. The van der Waals surface area contributed by atoms with Crippen LogP contribution in [0, 0.1) is 6.54 Å². The molecule has 1 aliphatic heterocycles. The number of benzene rings is 4. The number of nitrogens with one attached hydrogen (secondary N) is 3. The van der Waals surface area contributed by atoms with E-state index in [9.17, 15) is 20.4 Å². The standard InChI is InChI=1S/C10H9NO.3C9H7NO.Zr/c1-11-7-3-5-8-4-2-6-9(12)10(8)11;3*11-8-5-1-3-7-4-2-6-10-9(7)8;/h2-7,12H,1H2;3*1-6,11H;/p+3/i;;;;1-2. The zero-order valence-corrected chi connectivity index (χ0v) is 27.3. The summed E-state index contributed by atoms with van der Waals surface area (Å²) < 4.78 is 1.66. The first-order chi connectivity index (χ1) is 21.9. The molecule has 0 atom stereocenters. The van der Waals surface area contributed by atoms with Crippen molar-refractivity contribution in [2.45, 2.75) is 0 Å². The molecule has 0 radical (unpaired) electrons. The second-order valence-electron chi connectivity index (χ2n) is 9.93. The molecule has 7 N–H and O–H groups in total. The van der Waals surface area contributed by atoms with E-state index in [4.69, 9.17) is 0 Å². The molecule has 0 fully saturated rings. The number of H-pyrrole nitrogens is 3. The maximum atomic E-state index is 9.49. The Balaban J connectivity index is 0.000000138. The largest absolute Gasteiger partial charge is 0.511 e. The first-order valence-corrected chi connectivity index (χ1v) is 14.1. The predicted molar refractivity (Wildman–Crippen MR) is 175 cm³/mol. The van der Waals surface area contributed by atoms with Gasteiger partial charge in [-0.15, -0.1) is 6.08 Å². The van der Waals surface area contributed by atoms with Gasteiger partial charge in [-0.1, -0.05) is 36.4 Å². The summed E-state index contributed by atoms with van der Waals surface area (Å²) >= 11 is 0. The smallest absolute Gasteiger partial charge is 0.252 e. The van der Waals surface area contributed by atoms with Crippen LogP contribution >= 0.6 is 0 Å². The Kier molecular flexibility index (Phi) is 11.6. The van der Waals surface area contributed by atoms with Crippen molar-refractivity contribution in [2.24, 2.45) is 0 Å². The fourth-order valence-corrected chi connectivity index (χ4v) is 4.73. The molecule has 0 aliphatic carbocycles. The van der Waals surface area contributed by atoms with Crippen molar-refractivity contribution < 1.29 is 66.2 Å². The van der Waals surface area contributed by atoms with Crippen LogP contribution in [0.25, 0.3) is 38.8 Å². The molecule has 226 valence electrons. The second kappa shape index (κ2) is 16.0.